The van der Waals surface area contributed by atoms with E-state index in [1.54, 1.807) is 32.9 Å². The van der Waals surface area contributed by atoms with E-state index >= 15 is 0 Å². The Hall–Kier alpha value is -3.28. The van der Waals surface area contributed by atoms with Crippen molar-refractivity contribution >= 4 is 46.4 Å². The third-order valence-corrected chi connectivity index (χ3v) is 6.52. The highest BCUT2D eigenvalue weighted by Gasteiger charge is 2.35. The molecule has 3 heterocycles. The maximum Gasteiger partial charge on any atom is 0.345 e. The van der Waals surface area contributed by atoms with Gasteiger partial charge in [-0.1, -0.05) is 40.7 Å². The summed E-state index contributed by atoms with van der Waals surface area (Å²) >= 11 is 0. The minimum absolute atomic E-state index is 0.0164. The highest BCUT2D eigenvalue weighted by atomic mass is 32.2. The molecule has 0 saturated carbocycles. The summed E-state index contributed by atoms with van der Waals surface area (Å²) in [4.78, 5) is 18.4. The first-order valence-electron chi connectivity index (χ1n) is 10.8. The van der Waals surface area contributed by atoms with E-state index in [-0.39, 0.29) is 40.5 Å². The average Bonchev–Trinajstić information content (AvgIpc) is 3.38. The molecule has 34 heavy (non-hydrogen) atoms. The molecule has 1 amide bonds. The zero-order valence-electron chi connectivity index (χ0n) is 19.9. The highest BCUT2D eigenvalue weighted by molar-refractivity contribution is 7.89. The average molecular weight is 484 g/mol. The number of amides is 1. The van der Waals surface area contributed by atoms with E-state index in [0.29, 0.717) is 11.2 Å². The Kier molecular flexibility index (Phi) is 5.75. The monoisotopic (exact) mass is 484 g/mol. The number of carbonyl (C=O) groups is 1. The molecule has 0 aliphatic carbocycles. The van der Waals surface area contributed by atoms with E-state index in [1.165, 1.54) is 4.81 Å². The van der Waals surface area contributed by atoms with Crippen molar-refractivity contribution in [3.63, 3.8) is 0 Å². The van der Waals surface area contributed by atoms with Gasteiger partial charge in [-0.15, -0.1) is 4.40 Å². The number of hydrogen-bond acceptors (Lipinski definition) is 7. The molecule has 0 bridgehead atoms. The van der Waals surface area contributed by atoms with Crippen molar-refractivity contribution in [2.24, 2.45) is 14.8 Å². The number of nitrogens with one attached hydrogen (secondary N) is 2. The first kappa shape index (κ1) is 23.9. The van der Waals surface area contributed by atoms with Crippen LogP contribution in [0.25, 0.3) is 0 Å². The summed E-state index contributed by atoms with van der Waals surface area (Å²) in [5.74, 6) is 0.0837. The number of hydrogen-bond donors (Lipinski definition) is 3. The van der Waals surface area contributed by atoms with Gasteiger partial charge in [-0.25, -0.2) is 4.72 Å². The molecular formula is C22H27BN5O5S. The van der Waals surface area contributed by atoms with Crippen LogP contribution in [0.15, 0.2) is 38.3 Å². The van der Waals surface area contributed by atoms with Crippen LogP contribution < -0.4 is 15.5 Å². The zero-order chi connectivity index (χ0) is 25.0. The first-order valence-corrected chi connectivity index (χ1v) is 12.2. The maximum atomic E-state index is 12.4. The van der Waals surface area contributed by atoms with Crippen molar-refractivity contribution in [1.82, 2.24) is 9.53 Å². The lowest BCUT2D eigenvalue weighted by atomic mass is 9.83. The molecule has 0 fully saturated rings. The Morgan fingerprint density at radius 2 is 2.00 bits per heavy atom. The SMILES string of the molecule is CC(C)c1coc(C(N=C2NS(=O)(=O)N=C2Nc2ccc3c(c2O)C(=O)N(C)[B]3)C(C)(C)C)c1. The third-order valence-electron chi connectivity index (χ3n) is 5.65. The zero-order valence-corrected chi connectivity index (χ0v) is 20.7. The summed E-state index contributed by atoms with van der Waals surface area (Å²) in [6, 6.07) is 4.59. The normalized spacial score (nSPS) is 19.1. The van der Waals surface area contributed by atoms with E-state index in [0.717, 1.165) is 5.56 Å². The number of amidine groups is 2. The van der Waals surface area contributed by atoms with Crippen LogP contribution in [0.4, 0.5) is 5.69 Å². The Bertz CT molecular complexity index is 1320. The molecule has 1 radical (unpaired) electrons. The smallest absolute Gasteiger partial charge is 0.345 e. The predicted octanol–water partition coefficient (Wildman–Crippen LogP) is 2.28. The fraction of sp³-hybridized carbons (Fsp3) is 0.409. The van der Waals surface area contributed by atoms with Crippen molar-refractivity contribution < 1.29 is 22.7 Å². The van der Waals surface area contributed by atoms with Gasteiger partial charge in [0.1, 0.15) is 11.8 Å². The molecule has 0 saturated heterocycles. The number of aliphatic imine (C=N–C) groups is 1. The van der Waals surface area contributed by atoms with Gasteiger partial charge < -0.3 is 19.7 Å². The fourth-order valence-corrected chi connectivity index (χ4v) is 4.58. The molecule has 1 atom stereocenters. The topological polar surface area (TPSA) is 137 Å². The van der Waals surface area contributed by atoms with Gasteiger partial charge in [-0.3, -0.25) is 9.79 Å². The van der Waals surface area contributed by atoms with Crippen LogP contribution in [-0.4, -0.2) is 50.4 Å². The quantitative estimate of drug-likeness (QED) is 0.450. The molecule has 1 aromatic heterocycles. The van der Waals surface area contributed by atoms with Crippen molar-refractivity contribution in [2.75, 3.05) is 12.4 Å². The Morgan fingerprint density at radius 1 is 1.29 bits per heavy atom. The first-order chi connectivity index (χ1) is 15.8. The van der Waals surface area contributed by atoms with E-state index < -0.39 is 21.7 Å². The number of benzene rings is 1. The lowest BCUT2D eigenvalue weighted by Gasteiger charge is -2.26. The van der Waals surface area contributed by atoms with Crippen molar-refractivity contribution in [3.05, 3.63) is 41.3 Å². The van der Waals surface area contributed by atoms with Crippen LogP contribution in [0.3, 0.4) is 0 Å². The number of fused-ring (bicyclic) bond motifs is 1. The van der Waals surface area contributed by atoms with Crippen LogP contribution in [0.2, 0.25) is 0 Å². The van der Waals surface area contributed by atoms with E-state index in [2.05, 4.69) is 33.3 Å². The number of carbonyl (C=O) groups excluding carboxylic acids is 1. The minimum Gasteiger partial charge on any atom is -0.505 e. The maximum absolute atomic E-state index is 12.4. The largest absolute Gasteiger partial charge is 0.505 e. The van der Waals surface area contributed by atoms with Crippen LogP contribution in [0.5, 0.6) is 5.75 Å². The highest BCUT2D eigenvalue weighted by Crippen LogP contribution is 2.38. The second kappa shape index (κ2) is 8.19. The standard InChI is InChI=1S/C22H27BN5O5S/c1-11(2)12-9-15(33-10-12)18(22(3,4)5)25-20-19(26-34(31,32)27-20)24-14-8-7-13-16(17(14)29)21(30)28(6)23-13/h7-11,18,29H,1-6H3,(H,24,26)(H,25,27). The fourth-order valence-electron chi connectivity index (χ4n) is 3.77. The molecule has 12 heteroatoms. The minimum atomic E-state index is -4.04. The van der Waals surface area contributed by atoms with Crippen LogP contribution in [0, 0.1) is 5.41 Å². The summed E-state index contributed by atoms with van der Waals surface area (Å²) in [7, 11) is -0.846. The summed E-state index contributed by atoms with van der Waals surface area (Å²) in [6.45, 7) is 10.0. The number of furan rings is 1. The lowest BCUT2D eigenvalue weighted by molar-refractivity contribution is 0.0888. The number of nitrogens with zero attached hydrogens (tertiary/aromatic N) is 3. The lowest BCUT2D eigenvalue weighted by Crippen LogP contribution is -2.32. The van der Waals surface area contributed by atoms with Crippen LogP contribution >= 0.6 is 0 Å². The number of rotatable bonds is 4. The summed E-state index contributed by atoms with van der Waals surface area (Å²) in [5.41, 5.74) is 1.42. The van der Waals surface area contributed by atoms with Crippen molar-refractivity contribution in [3.8, 4) is 5.75 Å². The molecule has 1 unspecified atom stereocenters. The molecule has 3 N–H and O–H groups in total. The van der Waals surface area contributed by atoms with Gasteiger partial charge in [0.15, 0.2) is 17.4 Å². The molecular weight excluding hydrogens is 457 g/mol. The van der Waals surface area contributed by atoms with Gasteiger partial charge in [0.2, 0.25) is 5.91 Å². The van der Waals surface area contributed by atoms with Crippen molar-refractivity contribution in [2.45, 2.75) is 46.6 Å². The summed E-state index contributed by atoms with van der Waals surface area (Å²) < 4.78 is 36.4. The number of phenolic OH excluding ortho intramolecular Hbond substituents is 1. The van der Waals surface area contributed by atoms with Gasteiger partial charge >= 0.3 is 10.2 Å². The Labute approximate surface area is 199 Å². The molecule has 4 rings (SSSR count). The van der Waals surface area contributed by atoms with Gasteiger partial charge in [0.05, 0.1) is 17.5 Å². The second-order valence-corrected chi connectivity index (χ2v) is 11.1. The van der Waals surface area contributed by atoms with E-state index in [4.69, 9.17) is 4.42 Å². The van der Waals surface area contributed by atoms with E-state index in [9.17, 15) is 18.3 Å². The Morgan fingerprint density at radius 3 is 2.62 bits per heavy atom. The van der Waals surface area contributed by atoms with E-state index in [1.807, 2.05) is 26.8 Å². The molecule has 2 aliphatic rings. The van der Waals surface area contributed by atoms with Crippen molar-refractivity contribution in [1.29, 1.82) is 0 Å². The number of aromatic hydroxyl groups is 1. The van der Waals surface area contributed by atoms with Gasteiger partial charge in [0.25, 0.3) is 7.41 Å². The van der Waals surface area contributed by atoms with Crippen LogP contribution in [-0.2, 0) is 10.2 Å². The van der Waals surface area contributed by atoms with Gasteiger partial charge in [-0.05, 0) is 41.5 Å². The number of phenols is 1. The molecule has 10 nitrogen and oxygen atoms in total. The molecule has 2 aromatic rings. The molecule has 2 aliphatic heterocycles. The third kappa shape index (κ3) is 4.41. The Balaban J connectivity index is 1.72. The second-order valence-electron chi connectivity index (χ2n) is 9.80. The van der Waals surface area contributed by atoms with Gasteiger partial charge in [0, 0.05) is 0 Å². The molecule has 179 valence electrons. The summed E-state index contributed by atoms with van der Waals surface area (Å²) in [6.07, 6.45) is 1.68. The predicted molar refractivity (Wildman–Crippen MR) is 131 cm³/mol. The van der Waals surface area contributed by atoms with Crippen LogP contribution in [0.1, 0.15) is 68.3 Å². The number of anilines is 1. The summed E-state index contributed by atoms with van der Waals surface area (Å²) in [5, 5.41) is 13.5. The molecule has 1 aromatic carbocycles. The molecule has 0 spiro atoms. The van der Waals surface area contributed by atoms with Gasteiger partial charge in [-0.2, -0.15) is 8.42 Å².